The van der Waals surface area contributed by atoms with Crippen molar-refractivity contribution in [3.63, 3.8) is 0 Å². The number of piperidine rings is 1. The quantitative estimate of drug-likeness (QED) is 0.442. The van der Waals surface area contributed by atoms with Crippen molar-refractivity contribution in [2.45, 2.75) is 19.3 Å². The third kappa shape index (κ3) is 5.64. The predicted molar refractivity (Wildman–Crippen MR) is 118 cm³/mol. The molecule has 1 aromatic carbocycles. The number of hydrogen-bond acceptors (Lipinski definition) is 5. The number of anilines is 1. The van der Waals surface area contributed by atoms with Gasteiger partial charge in [0.25, 0.3) is 0 Å². The van der Waals surface area contributed by atoms with Crippen LogP contribution in [0.25, 0.3) is 0 Å². The number of guanidine groups is 1. The van der Waals surface area contributed by atoms with Crippen LogP contribution in [0, 0.1) is 5.92 Å². The number of esters is 1. The summed E-state index contributed by atoms with van der Waals surface area (Å²) in [6.45, 7) is 5.30. The number of carbonyl (C=O) groups is 2. The number of nitrogens with one attached hydrogen (secondary N) is 1. The van der Waals surface area contributed by atoms with Crippen LogP contribution in [-0.2, 0) is 14.3 Å². The zero-order valence-electron chi connectivity index (χ0n) is 18.0. The maximum absolute atomic E-state index is 12.6. The Morgan fingerprint density at radius 2 is 1.70 bits per heavy atom. The zero-order valence-corrected chi connectivity index (χ0v) is 18.0. The Morgan fingerprint density at radius 3 is 2.30 bits per heavy atom. The molecule has 1 aromatic rings. The lowest BCUT2D eigenvalue weighted by Gasteiger charge is -2.36. The van der Waals surface area contributed by atoms with Crippen molar-refractivity contribution in [2.24, 2.45) is 10.9 Å². The molecule has 30 heavy (non-hydrogen) atoms. The second kappa shape index (κ2) is 10.8. The highest BCUT2D eigenvalue weighted by atomic mass is 16.5. The molecule has 2 fully saturated rings. The number of hydrogen-bond donors (Lipinski definition) is 1. The molecule has 3 rings (SSSR count). The second-order valence-corrected chi connectivity index (χ2v) is 7.71. The van der Waals surface area contributed by atoms with E-state index in [-0.39, 0.29) is 17.8 Å². The number of benzene rings is 1. The minimum atomic E-state index is -0.129. The van der Waals surface area contributed by atoms with Gasteiger partial charge < -0.3 is 24.8 Å². The van der Waals surface area contributed by atoms with Crippen LogP contribution < -0.4 is 10.2 Å². The Balaban J connectivity index is 1.37. The standard InChI is InChI=1S/C22H33N5O3/c1-23-22(27-12-9-18(10-13-27)21(29)30-2)24-11-8-20(28)26-16-14-25(15-17-26)19-6-4-3-5-7-19/h3-7,18H,8-17H2,1-2H3,(H,23,24). The number of methoxy groups -OCH3 is 1. The Labute approximate surface area is 178 Å². The van der Waals surface area contributed by atoms with Crippen molar-refractivity contribution in [3.05, 3.63) is 30.3 Å². The number of para-hydroxylation sites is 1. The van der Waals surface area contributed by atoms with E-state index < -0.39 is 0 Å². The minimum Gasteiger partial charge on any atom is -0.469 e. The summed E-state index contributed by atoms with van der Waals surface area (Å²) in [5, 5.41) is 3.30. The van der Waals surface area contributed by atoms with Crippen molar-refractivity contribution in [1.82, 2.24) is 15.1 Å². The molecule has 1 N–H and O–H groups in total. The summed E-state index contributed by atoms with van der Waals surface area (Å²) in [6.07, 6.45) is 1.97. The lowest BCUT2D eigenvalue weighted by Crippen LogP contribution is -2.50. The number of nitrogens with zero attached hydrogens (tertiary/aromatic N) is 4. The first-order chi connectivity index (χ1) is 14.6. The number of rotatable bonds is 5. The van der Waals surface area contributed by atoms with Crippen molar-refractivity contribution in [1.29, 1.82) is 0 Å². The van der Waals surface area contributed by atoms with Gasteiger partial charge in [0.2, 0.25) is 5.91 Å². The van der Waals surface area contributed by atoms with Crippen LogP contribution in [0.5, 0.6) is 0 Å². The van der Waals surface area contributed by atoms with E-state index in [1.807, 2.05) is 23.1 Å². The average molecular weight is 416 g/mol. The smallest absolute Gasteiger partial charge is 0.308 e. The van der Waals surface area contributed by atoms with Crippen LogP contribution in [0.2, 0.25) is 0 Å². The molecule has 8 heteroatoms. The van der Waals surface area contributed by atoms with Gasteiger partial charge in [-0.2, -0.15) is 0 Å². The summed E-state index contributed by atoms with van der Waals surface area (Å²) in [5.74, 6) is 0.811. The van der Waals surface area contributed by atoms with Crippen LogP contribution >= 0.6 is 0 Å². The summed E-state index contributed by atoms with van der Waals surface area (Å²) in [7, 11) is 3.19. The molecule has 0 unspecified atom stereocenters. The van der Waals surface area contributed by atoms with E-state index in [4.69, 9.17) is 4.74 Å². The van der Waals surface area contributed by atoms with Gasteiger partial charge in [0.1, 0.15) is 0 Å². The second-order valence-electron chi connectivity index (χ2n) is 7.71. The predicted octanol–water partition coefficient (Wildman–Crippen LogP) is 1.19. The maximum Gasteiger partial charge on any atom is 0.308 e. The number of ether oxygens (including phenoxy) is 1. The SMILES string of the molecule is CN=C(NCCC(=O)N1CCN(c2ccccc2)CC1)N1CCC(C(=O)OC)CC1. The molecule has 2 heterocycles. The summed E-state index contributed by atoms with van der Waals surface area (Å²) in [4.78, 5) is 35.0. The molecule has 0 aliphatic carbocycles. The van der Waals surface area contributed by atoms with E-state index >= 15 is 0 Å². The van der Waals surface area contributed by atoms with Crippen molar-refractivity contribution >= 4 is 23.5 Å². The van der Waals surface area contributed by atoms with Crippen LogP contribution in [0.3, 0.4) is 0 Å². The lowest BCUT2D eigenvalue weighted by molar-refractivity contribution is -0.146. The monoisotopic (exact) mass is 415 g/mol. The molecule has 1 amide bonds. The van der Waals surface area contributed by atoms with Gasteiger partial charge in [-0.1, -0.05) is 18.2 Å². The van der Waals surface area contributed by atoms with Gasteiger partial charge in [-0.05, 0) is 25.0 Å². The first-order valence-electron chi connectivity index (χ1n) is 10.7. The first-order valence-corrected chi connectivity index (χ1v) is 10.7. The Hall–Kier alpha value is -2.77. The fraction of sp³-hybridized carbons (Fsp3) is 0.591. The minimum absolute atomic E-state index is 0.0273. The van der Waals surface area contributed by atoms with E-state index in [9.17, 15) is 9.59 Å². The molecular formula is C22H33N5O3. The number of carbonyl (C=O) groups excluding carboxylic acids is 2. The van der Waals surface area contributed by atoms with Gasteiger partial charge in [0, 0.05) is 65.0 Å². The van der Waals surface area contributed by atoms with Crippen molar-refractivity contribution in [2.75, 3.05) is 64.9 Å². The molecule has 0 radical (unpaired) electrons. The normalized spacial score (nSPS) is 18.3. The third-order valence-electron chi connectivity index (χ3n) is 5.92. The molecule has 0 aromatic heterocycles. The van der Waals surface area contributed by atoms with Gasteiger partial charge in [0.05, 0.1) is 13.0 Å². The van der Waals surface area contributed by atoms with E-state index in [1.165, 1.54) is 12.8 Å². The molecule has 2 aliphatic rings. The van der Waals surface area contributed by atoms with Crippen molar-refractivity contribution in [3.8, 4) is 0 Å². The van der Waals surface area contributed by atoms with E-state index in [2.05, 4.69) is 32.2 Å². The van der Waals surface area contributed by atoms with Gasteiger partial charge in [0.15, 0.2) is 5.96 Å². The Kier molecular flexibility index (Phi) is 7.93. The Bertz CT molecular complexity index is 724. The average Bonchev–Trinajstić information content (AvgIpc) is 2.82. The molecule has 0 atom stereocenters. The Morgan fingerprint density at radius 1 is 1.03 bits per heavy atom. The largest absolute Gasteiger partial charge is 0.469 e. The van der Waals surface area contributed by atoms with Gasteiger partial charge >= 0.3 is 5.97 Å². The number of likely N-dealkylation sites (tertiary alicyclic amines) is 1. The molecule has 164 valence electrons. The molecule has 2 saturated heterocycles. The van der Waals surface area contributed by atoms with Crippen molar-refractivity contribution < 1.29 is 14.3 Å². The fourth-order valence-electron chi connectivity index (χ4n) is 4.12. The van der Waals surface area contributed by atoms with E-state index in [0.717, 1.165) is 58.1 Å². The highest BCUT2D eigenvalue weighted by Gasteiger charge is 2.27. The first kappa shape index (κ1) is 21.9. The van der Waals surface area contributed by atoms with Gasteiger partial charge in [-0.15, -0.1) is 0 Å². The number of aliphatic imine (C=N–C) groups is 1. The summed E-state index contributed by atoms with van der Waals surface area (Å²) in [6, 6.07) is 10.3. The number of piperazine rings is 1. The summed E-state index contributed by atoms with van der Waals surface area (Å²) in [5.41, 5.74) is 1.21. The zero-order chi connectivity index (χ0) is 21.3. The molecule has 0 bridgehead atoms. The van der Waals surface area contributed by atoms with Gasteiger partial charge in [-0.3, -0.25) is 14.6 Å². The molecule has 0 saturated carbocycles. The third-order valence-corrected chi connectivity index (χ3v) is 5.92. The molecular weight excluding hydrogens is 382 g/mol. The lowest BCUT2D eigenvalue weighted by atomic mass is 9.97. The van der Waals surface area contributed by atoms with E-state index in [0.29, 0.717) is 13.0 Å². The highest BCUT2D eigenvalue weighted by molar-refractivity contribution is 5.82. The van der Waals surface area contributed by atoms with Crippen LogP contribution in [-0.4, -0.2) is 87.6 Å². The van der Waals surface area contributed by atoms with Crippen LogP contribution in [0.1, 0.15) is 19.3 Å². The topological polar surface area (TPSA) is 77.5 Å². The fourth-order valence-corrected chi connectivity index (χ4v) is 4.12. The van der Waals surface area contributed by atoms with E-state index in [1.54, 1.807) is 7.05 Å². The number of amides is 1. The van der Waals surface area contributed by atoms with Crippen LogP contribution in [0.15, 0.2) is 35.3 Å². The summed E-state index contributed by atoms with van der Waals surface area (Å²) < 4.78 is 4.84. The maximum atomic E-state index is 12.6. The van der Waals surface area contributed by atoms with Gasteiger partial charge in [-0.25, -0.2) is 0 Å². The molecule has 2 aliphatic heterocycles. The highest BCUT2D eigenvalue weighted by Crippen LogP contribution is 2.18. The summed E-state index contributed by atoms with van der Waals surface area (Å²) >= 11 is 0. The molecule has 0 spiro atoms. The molecule has 8 nitrogen and oxygen atoms in total. The van der Waals surface area contributed by atoms with Crippen LogP contribution in [0.4, 0.5) is 5.69 Å².